The van der Waals surface area contributed by atoms with Crippen molar-refractivity contribution in [1.82, 2.24) is 10.2 Å². The van der Waals surface area contributed by atoms with Crippen molar-refractivity contribution in [3.05, 3.63) is 48.2 Å². The summed E-state index contributed by atoms with van der Waals surface area (Å²) < 4.78 is 27.2. The fourth-order valence-electron chi connectivity index (χ4n) is 3.14. The Hall–Kier alpha value is -2.85. The number of para-hydroxylation sites is 1. The molecule has 2 aliphatic heterocycles. The third-order valence-electron chi connectivity index (χ3n) is 4.46. The van der Waals surface area contributed by atoms with Crippen LogP contribution in [0.25, 0.3) is 10.9 Å². The number of nitrogens with zero attached hydrogens (tertiary/aromatic N) is 3. The van der Waals surface area contributed by atoms with Gasteiger partial charge in [-0.25, -0.2) is 8.42 Å². The molecule has 0 radical (unpaired) electrons. The molecule has 0 atom stereocenters. The van der Waals surface area contributed by atoms with E-state index >= 15 is 0 Å². The Labute approximate surface area is 158 Å². The zero-order chi connectivity index (χ0) is 18.6. The minimum atomic E-state index is -3.40. The number of H-pyrrole nitrogens is 1. The lowest BCUT2D eigenvalue weighted by molar-refractivity contribution is 0.102. The molecule has 2 aliphatic rings. The molecule has 3 aromatic rings. The number of amidine groups is 1. The largest absolute Gasteiger partial charge is 0.320 e. The number of rotatable bonds is 2. The van der Waals surface area contributed by atoms with Crippen LogP contribution in [0.4, 0.5) is 11.4 Å². The quantitative estimate of drug-likeness (QED) is 0.685. The number of carbonyl (C=O) groups excluding carboxylic acids is 1. The zero-order valence-electron chi connectivity index (χ0n) is 13.8. The van der Waals surface area contributed by atoms with Crippen molar-refractivity contribution in [2.75, 3.05) is 22.5 Å². The fraction of sp³-hybridized carbons (Fsp3) is 0.118. The van der Waals surface area contributed by atoms with Crippen LogP contribution in [0.2, 0.25) is 0 Å². The van der Waals surface area contributed by atoms with Crippen molar-refractivity contribution in [2.45, 2.75) is 4.90 Å². The number of anilines is 2. The highest BCUT2D eigenvalue weighted by Crippen LogP contribution is 2.42. The first-order valence-electron chi connectivity index (χ1n) is 8.16. The molecule has 0 saturated heterocycles. The third-order valence-corrected chi connectivity index (χ3v) is 6.77. The molecule has 0 bridgehead atoms. The van der Waals surface area contributed by atoms with Crippen LogP contribution in [0.5, 0.6) is 0 Å². The molecule has 0 saturated carbocycles. The topological polar surface area (TPSA) is 108 Å². The first kappa shape index (κ1) is 16.3. The van der Waals surface area contributed by atoms with Gasteiger partial charge in [0.05, 0.1) is 28.8 Å². The van der Waals surface area contributed by atoms with E-state index in [4.69, 9.17) is 0 Å². The van der Waals surface area contributed by atoms with Crippen LogP contribution < -0.4 is 10.2 Å². The van der Waals surface area contributed by atoms with E-state index in [0.717, 1.165) is 21.5 Å². The molecule has 27 heavy (non-hydrogen) atoms. The Morgan fingerprint density at radius 1 is 1.26 bits per heavy atom. The van der Waals surface area contributed by atoms with Crippen LogP contribution in [-0.2, 0) is 10.0 Å². The first-order valence-corrected chi connectivity index (χ1v) is 10.6. The van der Waals surface area contributed by atoms with E-state index in [2.05, 4.69) is 19.9 Å². The maximum Gasteiger partial charge on any atom is 0.257 e. The Morgan fingerprint density at radius 3 is 3.04 bits per heavy atom. The summed E-state index contributed by atoms with van der Waals surface area (Å²) in [5, 5.41) is 11.1. The zero-order valence-corrected chi connectivity index (χ0v) is 15.5. The van der Waals surface area contributed by atoms with Gasteiger partial charge in [-0.3, -0.25) is 9.89 Å². The van der Waals surface area contributed by atoms with Gasteiger partial charge in [0.25, 0.3) is 15.9 Å². The second-order valence-corrected chi connectivity index (χ2v) is 8.95. The fourth-order valence-corrected chi connectivity index (χ4v) is 5.44. The van der Waals surface area contributed by atoms with Gasteiger partial charge in [0.2, 0.25) is 0 Å². The maximum atomic E-state index is 12.7. The summed E-state index contributed by atoms with van der Waals surface area (Å²) in [6.07, 6.45) is 1.70. The van der Waals surface area contributed by atoms with Gasteiger partial charge in [0.15, 0.2) is 5.17 Å². The molecule has 1 amide bonds. The van der Waals surface area contributed by atoms with Crippen LogP contribution in [0.15, 0.2) is 51.9 Å². The van der Waals surface area contributed by atoms with Gasteiger partial charge in [0, 0.05) is 22.4 Å². The molecule has 0 unspecified atom stereocenters. The number of aromatic amines is 1. The van der Waals surface area contributed by atoms with Crippen molar-refractivity contribution >= 4 is 55.1 Å². The van der Waals surface area contributed by atoms with E-state index in [0.29, 0.717) is 23.0 Å². The summed E-state index contributed by atoms with van der Waals surface area (Å²) in [5.41, 5.74) is 2.77. The van der Waals surface area contributed by atoms with Crippen LogP contribution in [0.3, 0.4) is 0 Å². The van der Waals surface area contributed by atoms with Crippen LogP contribution in [-0.4, -0.2) is 42.0 Å². The smallest absolute Gasteiger partial charge is 0.257 e. The van der Waals surface area contributed by atoms with Crippen molar-refractivity contribution in [2.24, 2.45) is 4.40 Å². The van der Waals surface area contributed by atoms with Gasteiger partial charge in [-0.05, 0) is 36.0 Å². The van der Waals surface area contributed by atoms with Gasteiger partial charge in [-0.15, -0.1) is 4.40 Å². The third kappa shape index (κ3) is 2.77. The molecular formula is C17H13N5O3S2. The molecular weight excluding hydrogens is 386 g/mol. The van der Waals surface area contributed by atoms with Crippen LogP contribution >= 0.6 is 11.8 Å². The van der Waals surface area contributed by atoms with E-state index in [-0.39, 0.29) is 11.7 Å². The number of sulfonamides is 1. The standard InChI is InChI=1S/C17H13N5O3S2/c23-16(19-12-3-1-2-11-9-18-20-15(11)12)10-4-5-13-14(8-10)26-17-21-27(24,25)7-6-22(13)17/h1-5,8-9H,6-7H2,(H,18,20)(H,19,23). The average Bonchev–Trinajstić information content (AvgIpc) is 3.24. The number of fused-ring (bicyclic) bond motifs is 4. The summed E-state index contributed by atoms with van der Waals surface area (Å²) in [6, 6.07) is 10.9. The van der Waals surface area contributed by atoms with Crippen molar-refractivity contribution in [3.63, 3.8) is 0 Å². The molecule has 2 N–H and O–H groups in total. The number of benzene rings is 2. The molecule has 1 aromatic heterocycles. The van der Waals surface area contributed by atoms with Crippen molar-refractivity contribution in [3.8, 4) is 0 Å². The highest BCUT2D eigenvalue weighted by molar-refractivity contribution is 8.15. The average molecular weight is 399 g/mol. The molecule has 0 fully saturated rings. The Kier molecular flexibility index (Phi) is 3.52. The minimum absolute atomic E-state index is 0.00702. The molecule has 8 nitrogen and oxygen atoms in total. The maximum absolute atomic E-state index is 12.7. The van der Waals surface area contributed by atoms with Gasteiger partial charge in [-0.1, -0.05) is 12.1 Å². The summed E-state index contributed by atoms with van der Waals surface area (Å²) in [4.78, 5) is 15.4. The normalized spacial score (nSPS) is 17.3. The predicted octanol–water partition coefficient (Wildman–Crippen LogP) is 2.43. The molecule has 0 spiro atoms. The lowest BCUT2D eigenvalue weighted by Gasteiger charge is -2.22. The Morgan fingerprint density at radius 2 is 2.15 bits per heavy atom. The molecule has 5 rings (SSSR count). The van der Waals surface area contributed by atoms with Gasteiger partial charge < -0.3 is 10.2 Å². The van der Waals surface area contributed by atoms with E-state index in [1.54, 1.807) is 24.4 Å². The summed E-state index contributed by atoms with van der Waals surface area (Å²) in [5.74, 6) is -0.257. The van der Waals surface area contributed by atoms with Gasteiger partial charge >= 0.3 is 0 Å². The number of hydrogen-bond donors (Lipinski definition) is 2. The van der Waals surface area contributed by atoms with E-state index in [1.165, 1.54) is 11.8 Å². The van der Waals surface area contributed by atoms with Crippen LogP contribution in [0.1, 0.15) is 10.4 Å². The Bertz CT molecular complexity index is 1230. The number of carbonyl (C=O) groups is 1. The highest BCUT2D eigenvalue weighted by Gasteiger charge is 2.33. The predicted molar refractivity (Wildman–Crippen MR) is 105 cm³/mol. The van der Waals surface area contributed by atoms with E-state index < -0.39 is 10.0 Å². The summed E-state index contributed by atoms with van der Waals surface area (Å²) in [6.45, 7) is 0.370. The lowest BCUT2D eigenvalue weighted by Crippen LogP contribution is -2.35. The number of hydrogen-bond acceptors (Lipinski definition) is 6. The summed E-state index contributed by atoms with van der Waals surface area (Å²) >= 11 is 1.26. The molecule has 136 valence electrons. The lowest BCUT2D eigenvalue weighted by atomic mass is 10.1. The molecule has 10 heteroatoms. The number of nitrogens with one attached hydrogen (secondary N) is 2. The minimum Gasteiger partial charge on any atom is -0.320 e. The molecule has 3 heterocycles. The number of amides is 1. The number of thioether (sulfide) groups is 1. The highest BCUT2D eigenvalue weighted by atomic mass is 32.2. The van der Waals surface area contributed by atoms with Gasteiger partial charge in [0.1, 0.15) is 0 Å². The second-order valence-electron chi connectivity index (χ2n) is 6.19. The van der Waals surface area contributed by atoms with Crippen molar-refractivity contribution in [1.29, 1.82) is 0 Å². The van der Waals surface area contributed by atoms with E-state index in [9.17, 15) is 13.2 Å². The SMILES string of the molecule is O=C(Nc1cccc2cn[nH]c12)c1ccc2c(c1)SC1=NS(=O)(=O)CCN12. The van der Waals surface area contributed by atoms with Crippen molar-refractivity contribution < 1.29 is 13.2 Å². The van der Waals surface area contributed by atoms with Gasteiger partial charge in [-0.2, -0.15) is 5.10 Å². The Balaban J connectivity index is 1.45. The van der Waals surface area contributed by atoms with Crippen LogP contribution in [0, 0.1) is 0 Å². The molecule has 0 aliphatic carbocycles. The first-order chi connectivity index (χ1) is 13.0. The monoisotopic (exact) mass is 399 g/mol. The summed E-state index contributed by atoms with van der Waals surface area (Å²) in [7, 11) is -3.40. The number of aromatic nitrogens is 2. The molecule has 2 aromatic carbocycles. The van der Waals surface area contributed by atoms with E-state index in [1.807, 2.05) is 23.1 Å². The second kappa shape index (κ2) is 5.83.